The minimum atomic E-state index is -0.811. The molecule has 6 heteroatoms. The zero-order valence-corrected chi connectivity index (χ0v) is 23.5. The van der Waals surface area contributed by atoms with Crippen molar-refractivity contribution in [2.45, 2.75) is 118 Å². The Labute approximate surface area is 217 Å². The number of aliphatic carboxylic acids is 1. The van der Waals surface area contributed by atoms with Crippen molar-refractivity contribution in [1.29, 1.82) is 0 Å². The highest BCUT2D eigenvalue weighted by molar-refractivity contribution is 5.71. The zero-order chi connectivity index (χ0) is 26.8. The van der Waals surface area contributed by atoms with Crippen LogP contribution < -0.4 is 0 Å². The topological polar surface area (TPSA) is 104 Å². The van der Waals surface area contributed by atoms with Crippen LogP contribution in [0.15, 0.2) is 0 Å². The first kappa shape index (κ1) is 27.9. The van der Waals surface area contributed by atoms with Crippen LogP contribution in [0.1, 0.15) is 99.8 Å². The molecule has 6 nitrogen and oxygen atoms in total. The number of esters is 1. The first-order valence-corrected chi connectivity index (χ1v) is 14.4. The molecule has 3 N–H and O–H groups in total. The van der Waals surface area contributed by atoms with Gasteiger partial charge in [0.05, 0.1) is 18.1 Å². The molecule has 4 aliphatic carbocycles. The molecule has 4 aliphatic rings. The van der Waals surface area contributed by atoms with Crippen LogP contribution in [0.2, 0.25) is 0 Å². The monoisotopic (exact) mass is 506 g/mol. The summed E-state index contributed by atoms with van der Waals surface area (Å²) in [6.07, 6.45) is 4.98. The molecule has 0 radical (unpaired) electrons. The van der Waals surface area contributed by atoms with Gasteiger partial charge in [-0.3, -0.25) is 9.59 Å². The van der Waals surface area contributed by atoms with Gasteiger partial charge in [0, 0.05) is 12.8 Å². The van der Waals surface area contributed by atoms with Crippen molar-refractivity contribution >= 4 is 11.9 Å². The van der Waals surface area contributed by atoms with Gasteiger partial charge in [0.15, 0.2) is 0 Å². The van der Waals surface area contributed by atoms with Crippen molar-refractivity contribution in [2.24, 2.45) is 57.7 Å². The molecule has 0 spiro atoms. The average molecular weight is 507 g/mol. The Morgan fingerprint density at radius 1 is 0.972 bits per heavy atom. The van der Waals surface area contributed by atoms with Crippen LogP contribution in [0, 0.1) is 57.7 Å². The highest BCUT2D eigenvalue weighted by Crippen LogP contribution is 2.74. The summed E-state index contributed by atoms with van der Waals surface area (Å²) in [5.41, 5.74) is -0.505. The van der Waals surface area contributed by atoms with Gasteiger partial charge in [0.2, 0.25) is 0 Å². The standard InChI is InChI=1S/C30H50O6/c1-16(2)8-9-19(27(34)35)25-21-14-23(33)26-28(5)12-11-22(32)17(3)20(28)10-13-29(26,6)30(21,7)15-24(25)36-18(4)31/h16-17,19-26,32-33H,8-15H2,1-7H3,(H,34,35)/t17-,19+,20?,21?,22+,23?,24-,25+,26?,28-,29-,30-/m0/s1. The van der Waals surface area contributed by atoms with E-state index in [1.807, 2.05) is 0 Å². The Balaban J connectivity index is 1.76. The molecule has 0 amide bonds. The van der Waals surface area contributed by atoms with Gasteiger partial charge in [-0.1, -0.05) is 48.0 Å². The zero-order valence-electron chi connectivity index (χ0n) is 23.5. The van der Waals surface area contributed by atoms with E-state index in [1.54, 1.807) is 0 Å². The summed E-state index contributed by atoms with van der Waals surface area (Å²) in [5.74, 6) is -1.01. The molecule has 4 unspecified atom stereocenters. The maximum atomic E-state index is 12.6. The van der Waals surface area contributed by atoms with E-state index < -0.39 is 24.1 Å². The number of ether oxygens (including phenoxy) is 1. The van der Waals surface area contributed by atoms with E-state index in [9.17, 15) is 24.9 Å². The summed E-state index contributed by atoms with van der Waals surface area (Å²) in [6.45, 7) is 14.8. The minimum absolute atomic E-state index is 0.0156. The summed E-state index contributed by atoms with van der Waals surface area (Å²) >= 11 is 0. The van der Waals surface area contributed by atoms with Crippen molar-refractivity contribution in [2.75, 3.05) is 0 Å². The van der Waals surface area contributed by atoms with Crippen LogP contribution in [0.4, 0.5) is 0 Å². The fourth-order valence-corrected chi connectivity index (χ4v) is 10.3. The number of aliphatic hydroxyl groups is 2. The summed E-state index contributed by atoms with van der Waals surface area (Å²) in [7, 11) is 0. The summed E-state index contributed by atoms with van der Waals surface area (Å²) < 4.78 is 5.92. The molecule has 0 aromatic carbocycles. The van der Waals surface area contributed by atoms with E-state index >= 15 is 0 Å². The first-order chi connectivity index (χ1) is 16.7. The smallest absolute Gasteiger partial charge is 0.306 e. The van der Waals surface area contributed by atoms with Crippen molar-refractivity contribution in [1.82, 2.24) is 0 Å². The third-order valence-electron chi connectivity index (χ3n) is 12.1. The lowest BCUT2D eigenvalue weighted by molar-refractivity contribution is -0.240. The van der Waals surface area contributed by atoms with E-state index in [1.165, 1.54) is 6.92 Å². The van der Waals surface area contributed by atoms with Crippen molar-refractivity contribution < 1.29 is 29.6 Å². The van der Waals surface area contributed by atoms with Crippen LogP contribution >= 0.6 is 0 Å². The number of aliphatic hydroxyl groups excluding tert-OH is 2. The molecular formula is C30H50O6. The second-order valence-electron chi connectivity index (χ2n) is 14.2. The summed E-state index contributed by atoms with van der Waals surface area (Å²) in [5, 5.41) is 32.9. The fourth-order valence-electron chi connectivity index (χ4n) is 10.3. The Hall–Kier alpha value is -1.14. The molecule has 0 aromatic rings. The molecule has 36 heavy (non-hydrogen) atoms. The second kappa shape index (κ2) is 9.55. The van der Waals surface area contributed by atoms with Crippen molar-refractivity contribution in [3.8, 4) is 0 Å². The number of hydrogen-bond donors (Lipinski definition) is 3. The van der Waals surface area contributed by atoms with Gasteiger partial charge in [-0.2, -0.15) is 0 Å². The molecule has 4 rings (SSSR count). The van der Waals surface area contributed by atoms with E-state index in [-0.39, 0.29) is 52.0 Å². The number of hydrogen-bond acceptors (Lipinski definition) is 5. The van der Waals surface area contributed by atoms with E-state index in [0.717, 1.165) is 32.1 Å². The molecule has 0 aliphatic heterocycles. The number of carbonyl (C=O) groups excluding carboxylic acids is 1. The van der Waals surface area contributed by atoms with Crippen LogP contribution in [0.5, 0.6) is 0 Å². The van der Waals surface area contributed by atoms with Gasteiger partial charge in [-0.25, -0.2) is 0 Å². The fraction of sp³-hybridized carbons (Fsp3) is 0.933. The minimum Gasteiger partial charge on any atom is -0.481 e. The number of carboxylic acid groups (broad SMARTS) is 1. The lowest BCUT2D eigenvalue weighted by atomic mass is 9.36. The average Bonchev–Trinajstić information content (AvgIpc) is 3.03. The first-order valence-electron chi connectivity index (χ1n) is 14.4. The SMILES string of the molecule is CC(=O)O[C@H]1C[C@@]2(C)C(CC(O)C3[C@@]4(C)CC[C@@H](O)[C@@H](C)C4CC[C@@]32C)[C@H]1[C@@H](CCC(C)C)C(=O)O. The van der Waals surface area contributed by atoms with Crippen LogP contribution in [0.25, 0.3) is 0 Å². The Morgan fingerprint density at radius 2 is 1.64 bits per heavy atom. The van der Waals surface area contributed by atoms with Gasteiger partial charge < -0.3 is 20.1 Å². The molecule has 4 saturated carbocycles. The summed E-state index contributed by atoms with van der Waals surface area (Å²) in [4.78, 5) is 24.8. The Kier molecular flexibility index (Phi) is 7.40. The molecule has 206 valence electrons. The molecule has 4 fully saturated rings. The Morgan fingerprint density at radius 3 is 2.22 bits per heavy atom. The number of fused-ring (bicyclic) bond motifs is 5. The molecule has 0 bridgehead atoms. The number of carboxylic acids is 1. The lowest BCUT2D eigenvalue weighted by Gasteiger charge is -2.69. The molecule has 0 aromatic heterocycles. The van der Waals surface area contributed by atoms with Crippen LogP contribution in [0.3, 0.4) is 0 Å². The highest BCUT2D eigenvalue weighted by Gasteiger charge is 2.72. The van der Waals surface area contributed by atoms with Crippen LogP contribution in [-0.4, -0.2) is 45.6 Å². The third-order valence-corrected chi connectivity index (χ3v) is 12.1. The van der Waals surface area contributed by atoms with E-state index in [4.69, 9.17) is 4.74 Å². The molecule has 0 heterocycles. The maximum Gasteiger partial charge on any atom is 0.306 e. The maximum absolute atomic E-state index is 12.6. The van der Waals surface area contributed by atoms with Crippen molar-refractivity contribution in [3.63, 3.8) is 0 Å². The van der Waals surface area contributed by atoms with Gasteiger partial charge in [0.1, 0.15) is 6.10 Å². The van der Waals surface area contributed by atoms with Gasteiger partial charge in [-0.05, 0) is 90.8 Å². The predicted molar refractivity (Wildman–Crippen MR) is 138 cm³/mol. The molecule has 0 saturated heterocycles. The summed E-state index contributed by atoms with van der Waals surface area (Å²) in [6, 6.07) is 0. The van der Waals surface area contributed by atoms with Gasteiger partial charge in [0.25, 0.3) is 0 Å². The largest absolute Gasteiger partial charge is 0.481 e. The van der Waals surface area contributed by atoms with Gasteiger partial charge in [-0.15, -0.1) is 0 Å². The Bertz CT molecular complexity index is 856. The van der Waals surface area contributed by atoms with Crippen molar-refractivity contribution in [3.05, 3.63) is 0 Å². The second-order valence-corrected chi connectivity index (χ2v) is 14.2. The van der Waals surface area contributed by atoms with Crippen LogP contribution in [-0.2, 0) is 14.3 Å². The lowest BCUT2D eigenvalue weighted by Crippen LogP contribution is -2.66. The highest BCUT2D eigenvalue weighted by atomic mass is 16.5. The van der Waals surface area contributed by atoms with E-state index in [0.29, 0.717) is 31.1 Å². The normalized spacial score (nSPS) is 49.1. The molecular weight excluding hydrogens is 456 g/mol. The van der Waals surface area contributed by atoms with E-state index in [2.05, 4.69) is 41.5 Å². The predicted octanol–water partition coefficient (Wildman–Crippen LogP) is 5.29. The van der Waals surface area contributed by atoms with Gasteiger partial charge >= 0.3 is 11.9 Å². The number of carbonyl (C=O) groups is 2. The molecule has 12 atom stereocenters. The third kappa shape index (κ3) is 4.13. The quantitative estimate of drug-likeness (QED) is 0.423. The number of rotatable bonds is 6.